The van der Waals surface area contributed by atoms with Gasteiger partial charge in [0.15, 0.2) is 0 Å². The number of hydrogen-bond donors (Lipinski definition) is 0. The molecule has 0 atom stereocenters. The zero-order chi connectivity index (χ0) is 21.7. The molecule has 0 aliphatic carbocycles. The van der Waals surface area contributed by atoms with Gasteiger partial charge in [0, 0.05) is 0 Å². The molecular weight excluding hydrogens is 288 g/mol. The van der Waals surface area contributed by atoms with Crippen LogP contribution in [0, 0.1) is 0 Å². The van der Waals surface area contributed by atoms with Crippen molar-refractivity contribution in [3.05, 3.63) is 49.1 Å². The molecule has 0 bridgehead atoms. The van der Waals surface area contributed by atoms with Crippen molar-refractivity contribution >= 4 is 0 Å². The Hall–Kier alpha value is -1.04. The Labute approximate surface area is 159 Å². The average Bonchev–Trinajstić information content (AvgIpc) is 2.74. The summed E-state index contributed by atoms with van der Waals surface area (Å²) in [6.07, 6.45) is 3.00. The van der Waals surface area contributed by atoms with E-state index >= 15 is 0 Å². The van der Waals surface area contributed by atoms with Crippen molar-refractivity contribution in [2.75, 3.05) is 0 Å². The van der Waals surface area contributed by atoms with Crippen molar-refractivity contribution in [2.24, 2.45) is 0 Å². The monoisotopic (exact) mass is 344 g/mol. The second-order valence-corrected chi connectivity index (χ2v) is 2.27. The minimum Gasteiger partial charge on any atom is -0.103 e. The fourth-order valence-electron chi connectivity index (χ4n) is 0.385. The van der Waals surface area contributed by atoms with E-state index in [1.165, 1.54) is 6.42 Å². The standard InChI is InChI=1S/C6H6.C3H8.C3H6.6C2H6/c1-2-4-6-5-3-1;2*1-3-2;6*1-2/h1-6H;3H2,1-2H3;3H,1H2,2H3;6*1-2H3. The maximum Gasteiger partial charge on any atom is -0.0473 e. The molecule has 0 heterocycles. The Morgan fingerprint density at radius 2 is 0.542 bits per heavy atom. The third kappa shape index (κ3) is 339. The molecule has 1 aromatic rings. The SMILES string of the molecule is C=CC.CC.CC.CC.CC.CC.CC.CCC.c1ccccc1. The van der Waals surface area contributed by atoms with Crippen LogP contribution in [0.25, 0.3) is 0 Å². The van der Waals surface area contributed by atoms with Crippen LogP contribution in [0.3, 0.4) is 0 Å². The van der Waals surface area contributed by atoms with E-state index in [2.05, 4.69) is 20.4 Å². The van der Waals surface area contributed by atoms with Gasteiger partial charge < -0.3 is 0 Å². The van der Waals surface area contributed by atoms with Gasteiger partial charge in [0.2, 0.25) is 0 Å². The smallest absolute Gasteiger partial charge is 0.0473 e. The lowest BCUT2D eigenvalue weighted by Crippen LogP contribution is -1.47. The van der Waals surface area contributed by atoms with Crippen molar-refractivity contribution < 1.29 is 0 Å². The molecule has 0 saturated heterocycles. The van der Waals surface area contributed by atoms with Crippen LogP contribution < -0.4 is 0 Å². The average molecular weight is 345 g/mol. The summed E-state index contributed by atoms with van der Waals surface area (Å²) in [6.45, 7) is 33.5. The van der Waals surface area contributed by atoms with Crippen molar-refractivity contribution in [2.45, 2.75) is 110 Å². The highest BCUT2D eigenvalue weighted by Crippen LogP contribution is 1.79. The van der Waals surface area contributed by atoms with Crippen molar-refractivity contribution in [1.29, 1.82) is 0 Å². The molecule has 0 heteroatoms. The maximum absolute atomic E-state index is 3.36. The van der Waals surface area contributed by atoms with Gasteiger partial charge in [-0.25, -0.2) is 0 Å². The topological polar surface area (TPSA) is 0 Å². The molecular formula is C24H56. The molecule has 0 unspecified atom stereocenters. The van der Waals surface area contributed by atoms with E-state index in [-0.39, 0.29) is 0 Å². The Bertz CT molecular complexity index is 115. The molecule has 0 amide bonds. The predicted octanol–water partition coefficient (Wildman–Crippen LogP) is 10.5. The van der Waals surface area contributed by atoms with Crippen LogP contribution in [0.5, 0.6) is 0 Å². The summed E-state index contributed by atoms with van der Waals surface area (Å²) in [5, 5.41) is 0. The summed E-state index contributed by atoms with van der Waals surface area (Å²) in [5.41, 5.74) is 0. The van der Waals surface area contributed by atoms with Crippen LogP contribution in [-0.4, -0.2) is 0 Å². The molecule has 0 radical (unpaired) electrons. The Morgan fingerprint density at radius 3 is 0.583 bits per heavy atom. The van der Waals surface area contributed by atoms with Crippen LogP contribution in [0.2, 0.25) is 0 Å². The van der Waals surface area contributed by atoms with Crippen molar-refractivity contribution in [3.63, 3.8) is 0 Å². The lowest BCUT2D eigenvalue weighted by Gasteiger charge is -1.69. The van der Waals surface area contributed by atoms with E-state index in [4.69, 9.17) is 0 Å². The predicted molar refractivity (Wildman–Crippen MR) is 126 cm³/mol. The van der Waals surface area contributed by atoms with Crippen LogP contribution in [0.4, 0.5) is 0 Å². The lowest BCUT2D eigenvalue weighted by molar-refractivity contribution is 1.09. The van der Waals surface area contributed by atoms with Crippen LogP contribution in [-0.2, 0) is 0 Å². The quantitative estimate of drug-likeness (QED) is 0.410. The van der Waals surface area contributed by atoms with E-state index < -0.39 is 0 Å². The van der Waals surface area contributed by atoms with Gasteiger partial charge >= 0.3 is 0 Å². The Morgan fingerprint density at radius 1 is 0.500 bits per heavy atom. The molecule has 24 heavy (non-hydrogen) atoms. The number of allylic oxidation sites excluding steroid dienone is 1. The van der Waals surface area contributed by atoms with E-state index in [0.29, 0.717) is 0 Å². The first-order chi connectivity index (χ1) is 11.8. The van der Waals surface area contributed by atoms with Gasteiger partial charge in [-0.2, -0.15) is 0 Å². The van der Waals surface area contributed by atoms with Crippen molar-refractivity contribution in [3.8, 4) is 0 Å². The first kappa shape index (κ1) is 49.5. The molecule has 0 spiro atoms. The van der Waals surface area contributed by atoms with Gasteiger partial charge in [0.1, 0.15) is 0 Å². The summed E-state index contributed by atoms with van der Waals surface area (Å²) >= 11 is 0. The first-order valence-corrected chi connectivity index (χ1v) is 10.4. The van der Waals surface area contributed by atoms with Crippen LogP contribution >= 0.6 is 0 Å². The molecule has 0 aromatic heterocycles. The molecule has 0 N–H and O–H groups in total. The highest BCUT2D eigenvalue weighted by atomic mass is 13.6. The Balaban J connectivity index is -0.0000000212. The van der Waals surface area contributed by atoms with Gasteiger partial charge in [-0.05, 0) is 6.92 Å². The van der Waals surface area contributed by atoms with Crippen LogP contribution in [0.1, 0.15) is 110 Å². The highest BCUT2D eigenvalue weighted by Gasteiger charge is 1.57. The molecule has 1 rings (SSSR count). The van der Waals surface area contributed by atoms with Crippen molar-refractivity contribution in [1.82, 2.24) is 0 Å². The molecule has 0 saturated carbocycles. The van der Waals surface area contributed by atoms with Crippen LogP contribution in [0.15, 0.2) is 49.1 Å². The second kappa shape index (κ2) is 199. The lowest BCUT2D eigenvalue weighted by atomic mass is 10.4. The normalized spacial score (nSPS) is 4.79. The van der Waals surface area contributed by atoms with Gasteiger partial charge in [0.25, 0.3) is 0 Å². The summed E-state index contributed by atoms with van der Waals surface area (Å²) in [6, 6.07) is 12.0. The largest absolute Gasteiger partial charge is 0.103 e. The molecule has 0 aliphatic rings. The summed E-state index contributed by atoms with van der Waals surface area (Å²) in [4.78, 5) is 0. The summed E-state index contributed by atoms with van der Waals surface area (Å²) in [5.74, 6) is 0. The third-order valence-corrected chi connectivity index (χ3v) is 0.667. The number of hydrogen-bond acceptors (Lipinski definition) is 0. The second-order valence-electron chi connectivity index (χ2n) is 2.27. The van der Waals surface area contributed by atoms with Gasteiger partial charge in [-0.15, -0.1) is 6.58 Å². The summed E-state index contributed by atoms with van der Waals surface area (Å²) in [7, 11) is 0. The number of rotatable bonds is 0. The maximum atomic E-state index is 3.36. The minimum absolute atomic E-state index is 1.25. The van der Waals surface area contributed by atoms with Gasteiger partial charge in [0.05, 0.1) is 0 Å². The fourth-order valence-corrected chi connectivity index (χ4v) is 0.385. The fraction of sp³-hybridized carbons (Fsp3) is 0.667. The molecule has 0 nitrogen and oxygen atoms in total. The zero-order valence-electron chi connectivity index (χ0n) is 20.5. The highest BCUT2D eigenvalue weighted by molar-refractivity contribution is 4.99. The third-order valence-electron chi connectivity index (χ3n) is 0.667. The van der Waals surface area contributed by atoms with Gasteiger partial charge in [-0.3, -0.25) is 0 Å². The van der Waals surface area contributed by atoms with E-state index in [1.807, 2.05) is 126 Å². The Kier molecular flexibility index (Phi) is 411. The first-order valence-electron chi connectivity index (χ1n) is 10.4. The van der Waals surface area contributed by atoms with E-state index in [0.717, 1.165) is 0 Å². The number of benzene rings is 1. The molecule has 152 valence electrons. The summed E-state index contributed by atoms with van der Waals surface area (Å²) < 4.78 is 0. The van der Waals surface area contributed by atoms with E-state index in [9.17, 15) is 0 Å². The van der Waals surface area contributed by atoms with Gasteiger partial charge in [-0.1, -0.05) is 146 Å². The minimum atomic E-state index is 1.25. The zero-order valence-corrected chi connectivity index (χ0v) is 20.5. The molecule has 0 fully saturated rings. The molecule has 0 aliphatic heterocycles. The molecule has 1 aromatic carbocycles. The van der Waals surface area contributed by atoms with E-state index in [1.54, 1.807) is 6.08 Å².